The van der Waals surface area contributed by atoms with Gasteiger partial charge in [-0.05, 0) is 33.6 Å². The summed E-state index contributed by atoms with van der Waals surface area (Å²) in [6.45, 7) is 3.34. The van der Waals surface area contributed by atoms with Crippen molar-refractivity contribution in [3.05, 3.63) is 70.7 Å². The molecule has 1 aliphatic heterocycles. The minimum atomic E-state index is -3.44. The van der Waals surface area contributed by atoms with Crippen molar-refractivity contribution in [2.24, 2.45) is 0 Å². The first kappa shape index (κ1) is 18.3. The Labute approximate surface area is 157 Å². The van der Waals surface area contributed by atoms with Gasteiger partial charge >= 0.3 is 0 Å². The van der Waals surface area contributed by atoms with Gasteiger partial charge in [0, 0.05) is 37.2 Å². The van der Waals surface area contributed by atoms with Crippen LogP contribution in [0.15, 0.2) is 70.0 Å². The van der Waals surface area contributed by atoms with Crippen molar-refractivity contribution < 1.29 is 8.42 Å². The second-order valence-electron chi connectivity index (χ2n) is 5.95. The van der Waals surface area contributed by atoms with Gasteiger partial charge in [0.15, 0.2) is 0 Å². The Morgan fingerprint density at radius 1 is 0.920 bits per heavy atom. The molecule has 0 aromatic heterocycles. The molecule has 0 spiro atoms. The molecular weight excluding hydrogens is 400 g/mol. The number of hydrogen-bond donors (Lipinski definition) is 0. The summed E-state index contributed by atoms with van der Waals surface area (Å²) in [7, 11) is -3.44. The second-order valence-corrected chi connectivity index (χ2v) is 8.71. The first-order valence-corrected chi connectivity index (χ1v) is 10.5. The van der Waals surface area contributed by atoms with E-state index in [2.05, 4.69) is 45.1 Å². The molecule has 0 amide bonds. The Kier molecular flexibility index (Phi) is 6.06. The van der Waals surface area contributed by atoms with Crippen LogP contribution in [0.3, 0.4) is 0 Å². The molecule has 1 saturated heterocycles. The van der Waals surface area contributed by atoms with Crippen LogP contribution in [0.4, 0.5) is 0 Å². The quantitative estimate of drug-likeness (QED) is 0.743. The molecule has 3 rings (SSSR count). The van der Waals surface area contributed by atoms with Gasteiger partial charge in [0.1, 0.15) is 0 Å². The Bertz CT molecular complexity index is 830. The van der Waals surface area contributed by atoms with Crippen LogP contribution in [0.1, 0.15) is 5.56 Å². The average molecular weight is 421 g/mol. The Hall–Kier alpha value is -1.47. The minimum Gasteiger partial charge on any atom is -0.297 e. The predicted molar refractivity (Wildman–Crippen MR) is 105 cm³/mol. The fraction of sp³-hybridized carbons (Fsp3) is 0.263. The van der Waals surface area contributed by atoms with Gasteiger partial charge in [-0.2, -0.15) is 4.31 Å². The van der Waals surface area contributed by atoms with Crippen LogP contribution in [0.25, 0.3) is 6.08 Å². The smallest absolute Gasteiger partial charge is 0.244 e. The zero-order valence-corrected chi connectivity index (χ0v) is 16.3. The average Bonchev–Trinajstić information content (AvgIpc) is 2.63. The topological polar surface area (TPSA) is 40.6 Å². The highest BCUT2D eigenvalue weighted by Crippen LogP contribution is 2.25. The van der Waals surface area contributed by atoms with E-state index in [4.69, 9.17) is 0 Å². The Morgan fingerprint density at radius 2 is 1.56 bits per heavy atom. The van der Waals surface area contributed by atoms with E-state index in [0.717, 1.165) is 19.6 Å². The summed E-state index contributed by atoms with van der Waals surface area (Å²) in [6, 6.07) is 17.2. The standard InChI is InChI=1S/C19H21BrN2O2S/c20-18-10-4-5-11-19(18)25(23,24)22-15-13-21(14-16-22)12-6-9-17-7-2-1-3-8-17/h1-11H,12-16H2. The van der Waals surface area contributed by atoms with Gasteiger partial charge in [0.05, 0.1) is 4.90 Å². The van der Waals surface area contributed by atoms with Gasteiger partial charge < -0.3 is 0 Å². The van der Waals surface area contributed by atoms with Gasteiger partial charge in [0.2, 0.25) is 10.0 Å². The minimum absolute atomic E-state index is 0.340. The van der Waals surface area contributed by atoms with Crippen molar-refractivity contribution in [2.45, 2.75) is 4.90 Å². The van der Waals surface area contributed by atoms with Crippen molar-refractivity contribution >= 4 is 32.0 Å². The van der Waals surface area contributed by atoms with Gasteiger partial charge in [-0.25, -0.2) is 8.42 Å². The number of piperazine rings is 1. The van der Waals surface area contributed by atoms with Gasteiger partial charge in [-0.15, -0.1) is 0 Å². The molecule has 6 heteroatoms. The van der Waals surface area contributed by atoms with E-state index in [1.54, 1.807) is 22.5 Å². The summed E-state index contributed by atoms with van der Waals surface area (Å²) in [5, 5.41) is 0. The first-order chi connectivity index (χ1) is 12.1. The van der Waals surface area contributed by atoms with Crippen LogP contribution in [0.5, 0.6) is 0 Å². The van der Waals surface area contributed by atoms with Gasteiger partial charge in [0.25, 0.3) is 0 Å². The van der Waals surface area contributed by atoms with Crippen molar-refractivity contribution in [1.29, 1.82) is 0 Å². The molecule has 1 heterocycles. The second kappa shape index (κ2) is 8.27. The largest absolute Gasteiger partial charge is 0.297 e. The maximum absolute atomic E-state index is 12.8. The van der Waals surface area contributed by atoms with Crippen molar-refractivity contribution in [1.82, 2.24) is 9.21 Å². The maximum atomic E-state index is 12.8. The summed E-state index contributed by atoms with van der Waals surface area (Å²) in [5.41, 5.74) is 1.18. The van der Waals surface area contributed by atoms with Crippen molar-refractivity contribution in [3.63, 3.8) is 0 Å². The lowest BCUT2D eigenvalue weighted by molar-refractivity contribution is 0.204. The summed E-state index contributed by atoms with van der Waals surface area (Å²) in [5.74, 6) is 0. The van der Waals surface area contributed by atoms with Crippen LogP contribution >= 0.6 is 15.9 Å². The molecule has 0 unspecified atom stereocenters. The molecule has 1 aliphatic rings. The van der Waals surface area contributed by atoms with E-state index in [-0.39, 0.29) is 0 Å². The molecule has 0 atom stereocenters. The van der Waals surface area contributed by atoms with Crippen molar-refractivity contribution in [2.75, 3.05) is 32.7 Å². The highest BCUT2D eigenvalue weighted by Gasteiger charge is 2.29. The first-order valence-electron chi connectivity index (χ1n) is 8.26. The summed E-state index contributed by atoms with van der Waals surface area (Å²) >= 11 is 3.34. The third kappa shape index (κ3) is 4.58. The molecule has 4 nitrogen and oxygen atoms in total. The van der Waals surface area contributed by atoms with E-state index >= 15 is 0 Å². The third-order valence-corrected chi connectivity index (χ3v) is 7.17. The fourth-order valence-electron chi connectivity index (χ4n) is 2.85. The highest BCUT2D eigenvalue weighted by atomic mass is 79.9. The Balaban J connectivity index is 1.57. The molecular formula is C19H21BrN2O2S. The molecule has 25 heavy (non-hydrogen) atoms. The molecule has 0 saturated carbocycles. The molecule has 0 radical (unpaired) electrons. The highest BCUT2D eigenvalue weighted by molar-refractivity contribution is 9.10. The normalized spacial score (nSPS) is 17.2. The van der Waals surface area contributed by atoms with E-state index in [1.165, 1.54) is 5.56 Å². The number of hydrogen-bond acceptors (Lipinski definition) is 3. The van der Waals surface area contributed by atoms with E-state index in [0.29, 0.717) is 22.5 Å². The lowest BCUT2D eigenvalue weighted by Gasteiger charge is -2.33. The van der Waals surface area contributed by atoms with Crippen LogP contribution in [0, 0.1) is 0 Å². The summed E-state index contributed by atoms with van der Waals surface area (Å²) < 4.78 is 27.7. The van der Waals surface area contributed by atoms with Crippen LogP contribution in [-0.2, 0) is 10.0 Å². The zero-order chi connectivity index (χ0) is 17.7. The lowest BCUT2D eigenvalue weighted by atomic mass is 10.2. The lowest BCUT2D eigenvalue weighted by Crippen LogP contribution is -2.48. The number of rotatable bonds is 5. The summed E-state index contributed by atoms with van der Waals surface area (Å²) in [4.78, 5) is 2.61. The monoisotopic (exact) mass is 420 g/mol. The Morgan fingerprint density at radius 3 is 2.24 bits per heavy atom. The van der Waals surface area contributed by atoms with Gasteiger partial charge in [-0.1, -0.05) is 54.6 Å². The number of sulfonamides is 1. The fourth-order valence-corrected chi connectivity index (χ4v) is 5.23. The third-order valence-electron chi connectivity index (χ3n) is 4.26. The number of benzene rings is 2. The summed E-state index contributed by atoms with van der Waals surface area (Å²) in [6.07, 6.45) is 4.23. The predicted octanol–water partition coefficient (Wildman–Crippen LogP) is 3.47. The molecule has 2 aromatic rings. The van der Waals surface area contributed by atoms with Crippen LogP contribution in [0.2, 0.25) is 0 Å². The molecule has 1 fully saturated rings. The van der Waals surface area contributed by atoms with E-state index < -0.39 is 10.0 Å². The molecule has 0 aliphatic carbocycles. The SMILES string of the molecule is O=S(=O)(c1ccccc1Br)N1CCN(CC=Cc2ccccc2)CC1. The van der Waals surface area contributed by atoms with Crippen LogP contribution < -0.4 is 0 Å². The van der Waals surface area contributed by atoms with Gasteiger partial charge in [-0.3, -0.25) is 4.90 Å². The van der Waals surface area contributed by atoms with Crippen molar-refractivity contribution in [3.8, 4) is 0 Å². The van der Waals surface area contributed by atoms with Crippen LogP contribution in [-0.4, -0.2) is 50.3 Å². The molecule has 0 bridgehead atoms. The number of nitrogens with zero attached hydrogens (tertiary/aromatic N) is 2. The van der Waals surface area contributed by atoms with E-state index in [1.807, 2.05) is 24.3 Å². The molecule has 132 valence electrons. The zero-order valence-electron chi connectivity index (χ0n) is 13.9. The maximum Gasteiger partial charge on any atom is 0.244 e. The van der Waals surface area contributed by atoms with E-state index in [9.17, 15) is 8.42 Å². The number of halogens is 1. The molecule has 2 aromatic carbocycles. The molecule has 0 N–H and O–H groups in total.